The highest BCUT2D eigenvalue weighted by molar-refractivity contribution is 5.46. The van der Waals surface area contributed by atoms with Gasteiger partial charge in [0.15, 0.2) is 11.5 Å². The lowest BCUT2D eigenvalue weighted by Gasteiger charge is -2.24. The topological polar surface area (TPSA) is 38.7 Å². The summed E-state index contributed by atoms with van der Waals surface area (Å²) in [6.07, 6.45) is 0.912. The predicted molar refractivity (Wildman–Crippen MR) is 48.1 cm³/mol. The second-order valence-electron chi connectivity index (χ2n) is 3.14. The highest BCUT2D eigenvalue weighted by Crippen LogP contribution is 2.33. The summed E-state index contributed by atoms with van der Waals surface area (Å²) in [6, 6.07) is 5.39. The Bertz CT molecular complexity index is 309. The lowest BCUT2D eigenvalue weighted by atomic mass is 10.0. The molecule has 1 aliphatic heterocycles. The Morgan fingerprint density at radius 1 is 1.54 bits per heavy atom. The van der Waals surface area contributed by atoms with Crippen molar-refractivity contribution in [1.29, 1.82) is 0 Å². The highest BCUT2D eigenvalue weighted by atomic mass is 16.5. The summed E-state index contributed by atoms with van der Waals surface area (Å²) in [6.45, 7) is 0.515. The number of methoxy groups -OCH3 is 1. The minimum absolute atomic E-state index is 0.106. The Labute approximate surface area is 76.9 Å². The van der Waals surface area contributed by atoms with Gasteiger partial charge in [-0.05, 0) is 6.07 Å². The van der Waals surface area contributed by atoms with E-state index in [0.29, 0.717) is 12.4 Å². The Morgan fingerprint density at radius 2 is 2.38 bits per heavy atom. The van der Waals surface area contributed by atoms with Crippen LogP contribution in [0.2, 0.25) is 0 Å². The third-order valence-electron chi connectivity index (χ3n) is 2.27. The maximum absolute atomic E-state index is 9.45. The van der Waals surface area contributed by atoms with Crippen LogP contribution in [0.25, 0.3) is 0 Å². The number of fused-ring (bicyclic) bond motifs is 1. The molecule has 0 amide bonds. The largest absolute Gasteiger partial charge is 0.504 e. The van der Waals surface area contributed by atoms with E-state index in [1.807, 2.05) is 12.1 Å². The number of phenolic OH excluding ortho intramolecular Hbond substituents is 1. The first-order valence-electron chi connectivity index (χ1n) is 4.27. The first-order valence-corrected chi connectivity index (χ1v) is 4.27. The number of aromatic hydroxyl groups is 1. The second kappa shape index (κ2) is 3.26. The third-order valence-corrected chi connectivity index (χ3v) is 2.27. The van der Waals surface area contributed by atoms with E-state index < -0.39 is 0 Å². The van der Waals surface area contributed by atoms with Crippen molar-refractivity contribution in [3.8, 4) is 11.5 Å². The number of para-hydroxylation sites is 1. The van der Waals surface area contributed by atoms with Gasteiger partial charge in [0.1, 0.15) is 6.61 Å². The van der Waals surface area contributed by atoms with Crippen molar-refractivity contribution < 1.29 is 14.6 Å². The van der Waals surface area contributed by atoms with Crippen molar-refractivity contribution >= 4 is 0 Å². The van der Waals surface area contributed by atoms with Gasteiger partial charge in [-0.15, -0.1) is 0 Å². The van der Waals surface area contributed by atoms with Crippen LogP contribution in [0.5, 0.6) is 11.5 Å². The second-order valence-corrected chi connectivity index (χ2v) is 3.14. The molecule has 1 heterocycles. The normalized spacial score (nSPS) is 20.5. The van der Waals surface area contributed by atoms with E-state index in [2.05, 4.69) is 0 Å². The fraction of sp³-hybridized carbons (Fsp3) is 0.400. The molecule has 0 radical (unpaired) electrons. The maximum Gasteiger partial charge on any atom is 0.164 e. The molecule has 0 aromatic heterocycles. The zero-order valence-electron chi connectivity index (χ0n) is 7.49. The average Bonchev–Trinajstić information content (AvgIpc) is 2.18. The summed E-state index contributed by atoms with van der Waals surface area (Å²) in [5.41, 5.74) is 1.01. The van der Waals surface area contributed by atoms with Gasteiger partial charge >= 0.3 is 0 Å². The quantitative estimate of drug-likeness (QED) is 0.708. The molecule has 1 aliphatic rings. The molecule has 0 saturated carbocycles. The molecule has 13 heavy (non-hydrogen) atoms. The summed E-state index contributed by atoms with van der Waals surface area (Å²) in [5.74, 6) is 0.822. The van der Waals surface area contributed by atoms with Gasteiger partial charge in [-0.1, -0.05) is 12.1 Å². The number of hydrogen-bond acceptors (Lipinski definition) is 3. The van der Waals surface area contributed by atoms with E-state index in [4.69, 9.17) is 9.47 Å². The molecule has 0 saturated heterocycles. The van der Waals surface area contributed by atoms with Crippen molar-refractivity contribution in [3.63, 3.8) is 0 Å². The standard InChI is InChI=1S/C10H12O3/c1-12-8-5-7-3-2-4-9(11)10(7)13-6-8/h2-4,8,11H,5-6H2,1H3. The van der Waals surface area contributed by atoms with Gasteiger partial charge in [-0.3, -0.25) is 0 Å². The third kappa shape index (κ3) is 1.47. The smallest absolute Gasteiger partial charge is 0.164 e. The first-order chi connectivity index (χ1) is 6.31. The molecule has 1 aromatic carbocycles. The van der Waals surface area contributed by atoms with Crippen LogP contribution in [-0.2, 0) is 11.2 Å². The summed E-state index contributed by atoms with van der Waals surface area (Å²) in [5, 5.41) is 9.45. The summed E-state index contributed by atoms with van der Waals surface area (Å²) in [7, 11) is 1.67. The van der Waals surface area contributed by atoms with Gasteiger partial charge in [-0.2, -0.15) is 0 Å². The van der Waals surface area contributed by atoms with E-state index >= 15 is 0 Å². The molecule has 1 atom stereocenters. The Hall–Kier alpha value is -1.22. The van der Waals surface area contributed by atoms with E-state index in [1.54, 1.807) is 13.2 Å². The minimum atomic E-state index is 0.106. The number of ether oxygens (including phenoxy) is 2. The SMILES string of the molecule is COC1COc2c(O)cccc2C1. The van der Waals surface area contributed by atoms with Crippen LogP contribution in [0.1, 0.15) is 5.56 Å². The molecule has 2 rings (SSSR count). The van der Waals surface area contributed by atoms with Crippen molar-refractivity contribution in [1.82, 2.24) is 0 Å². The number of hydrogen-bond donors (Lipinski definition) is 1. The number of phenols is 1. The van der Waals surface area contributed by atoms with Gasteiger partial charge in [-0.25, -0.2) is 0 Å². The number of rotatable bonds is 1. The molecule has 0 aliphatic carbocycles. The van der Waals surface area contributed by atoms with Crippen LogP contribution >= 0.6 is 0 Å². The lowest BCUT2D eigenvalue weighted by Crippen LogP contribution is -2.27. The molecule has 70 valence electrons. The van der Waals surface area contributed by atoms with E-state index in [9.17, 15) is 5.11 Å². The van der Waals surface area contributed by atoms with E-state index in [-0.39, 0.29) is 11.9 Å². The molecule has 0 fully saturated rings. The molecule has 1 aromatic rings. The molecule has 3 nitrogen and oxygen atoms in total. The Morgan fingerprint density at radius 3 is 3.15 bits per heavy atom. The molecule has 3 heteroatoms. The fourth-order valence-corrected chi connectivity index (χ4v) is 1.53. The monoisotopic (exact) mass is 180 g/mol. The van der Waals surface area contributed by atoms with Crippen molar-refractivity contribution in [2.24, 2.45) is 0 Å². The molecule has 0 bridgehead atoms. The van der Waals surface area contributed by atoms with Crippen molar-refractivity contribution in [2.45, 2.75) is 12.5 Å². The minimum Gasteiger partial charge on any atom is -0.504 e. The zero-order valence-corrected chi connectivity index (χ0v) is 7.49. The zero-order chi connectivity index (χ0) is 9.26. The Kier molecular flexibility index (Phi) is 2.10. The molecule has 1 unspecified atom stereocenters. The first kappa shape index (κ1) is 8.38. The number of benzene rings is 1. The predicted octanol–water partition coefficient (Wildman–Crippen LogP) is 1.34. The van der Waals surface area contributed by atoms with Crippen LogP contribution in [0, 0.1) is 0 Å². The van der Waals surface area contributed by atoms with Crippen molar-refractivity contribution in [2.75, 3.05) is 13.7 Å². The van der Waals surface area contributed by atoms with Gasteiger partial charge < -0.3 is 14.6 Å². The van der Waals surface area contributed by atoms with Gasteiger partial charge in [0.25, 0.3) is 0 Å². The van der Waals surface area contributed by atoms with Gasteiger partial charge in [0.2, 0.25) is 0 Å². The maximum atomic E-state index is 9.45. The fourth-order valence-electron chi connectivity index (χ4n) is 1.53. The van der Waals surface area contributed by atoms with Gasteiger partial charge in [0.05, 0.1) is 6.10 Å². The van der Waals surface area contributed by atoms with Gasteiger partial charge in [0, 0.05) is 19.1 Å². The summed E-state index contributed by atoms with van der Waals surface area (Å²) >= 11 is 0. The van der Waals surface area contributed by atoms with Crippen LogP contribution < -0.4 is 4.74 Å². The van der Waals surface area contributed by atoms with E-state index in [0.717, 1.165) is 12.0 Å². The Balaban J connectivity index is 2.31. The van der Waals surface area contributed by atoms with Crippen LogP contribution in [0.3, 0.4) is 0 Å². The van der Waals surface area contributed by atoms with Crippen molar-refractivity contribution in [3.05, 3.63) is 23.8 Å². The highest BCUT2D eigenvalue weighted by Gasteiger charge is 2.21. The lowest BCUT2D eigenvalue weighted by molar-refractivity contribution is 0.0455. The van der Waals surface area contributed by atoms with E-state index in [1.165, 1.54) is 0 Å². The summed E-state index contributed by atoms with van der Waals surface area (Å²) < 4.78 is 10.6. The summed E-state index contributed by atoms with van der Waals surface area (Å²) in [4.78, 5) is 0. The molecular formula is C10H12O3. The van der Waals surface area contributed by atoms with Crippen LogP contribution in [-0.4, -0.2) is 24.9 Å². The van der Waals surface area contributed by atoms with Crippen LogP contribution in [0.4, 0.5) is 0 Å². The molecular weight excluding hydrogens is 168 g/mol. The molecule has 0 spiro atoms. The average molecular weight is 180 g/mol. The van der Waals surface area contributed by atoms with Crippen LogP contribution in [0.15, 0.2) is 18.2 Å². The molecule has 1 N–H and O–H groups in total.